The van der Waals surface area contributed by atoms with Gasteiger partial charge in [-0.25, -0.2) is 0 Å². The molecule has 1 fully saturated rings. The predicted octanol–water partition coefficient (Wildman–Crippen LogP) is 2.85. The van der Waals surface area contributed by atoms with E-state index in [0.717, 1.165) is 12.1 Å². The molecule has 0 radical (unpaired) electrons. The van der Waals surface area contributed by atoms with Crippen LogP contribution in [-0.2, 0) is 5.41 Å². The second-order valence-electron chi connectivity index (χ2n) is 5.00. The van der Waals surface area contributed by atoms with Crippen LogP contribution in [0, 0.1) is 0 Å². The van der Waals surface area contributed by atoms with Crippen LogP contribution in [0.4, 0.5) is 0 Å². The van der Waals surface area contributed by atoms with Crippen LogP contribution in [0.1, 0.15) is 37.7 Å². The lowest BCUT2D eigenvalue weighted by atomic mass is 9.69. The Morgan fingerprint density at radius 3 is 2.82 bits per heavy atom. The van der Waals surface area contributed by atoms with Crippen molar-refractivity contribution < 1.29 is 0 Å². The summed E-state index contributed by atoms with van der Waals surface area (Å²) in [5.74, 6) is 0. The smallest absolute Gasteiger partial charge is 0.105 e. The van der Waals surface area contributed by atoms with Crippen LogP contribution in [0.2, 0.25) is 0 Å². The zero-order chi connectivity index (χ0) is 11.7. The number of benzene rings is 1. The van der Waals surface area contributed by atoms with Gasteiger partial charge in [0.05, 0.1) is 4.70 Å². The fourth-order valence-corrected chi connectivity index (χ4v) is 3.55. The van der Waals surface area contributed by atoms with E-state index in [-0.39, 0.29) is 5.41 Å². The summed E-state index contributed by atoms with van der Waals surface area (Å²) in [6.07, 6.45) is 6.40. The first-order valence-electron chi connectivity index (χ1n) is 6.27. The average molecular weight is 247 g/mol. The fourth-order valence-electron chi connectivity index (χ4n) is 2.95. The third-order valence-electron chi connectivity index (χ3n) is 4.06. The Labute approximate surface area is 105 Å². The molecule has 0 spiro atoms. The van der Waals surface area contributed by atoms with Crippen molar-refractivity contribution in [1.82, 2.24) is 9.59 Å². The molecule has 1 aromatic carbocycles. The highest BCUT2D eigenvalue weighted by Gasteiger charge is 2.32. The van der Waals surface area contributed by atoms with Gasteiger partial charge < -0.3 is 5.73 Å². The van der Waals surface area contributed by atoms with Crippen LogP contribution < -0.4 is 5.73 Å². The van der Waals surface area contributed by atoms with Crippen molar-refractivity contribution in [2.24, 2.45) is 5.73 Å². The molecule has 17 heavy (non-hydrogen) atoms. The number of hydrogen-bond donors (Lipinski definition) is 1. The molecule has 1 heterocycles. The number of nitrogens with zero attached hydrogens (tertiary/aromatic N) is 2. The van der Waals surface area contributed by atoms with Crippen LogP contribution in [0.15, 0.2) is 18.2 Å². The van der Waals surface area contributed by atoms with Crippen molar-refractivity contribution in [1.29, 1.82) is 0 Å². The van der Waals surface area contributed by atoms with Crippen molar-refractivity contribution >= 4 is 21.7 Å². The van der Waals surface area contributed by atoms with Gasteiger partial charge in [-0.05, 0) is 42.1 Å². The van der Waals surface area contributed by atoms with E-state index in [1.54, 1.807) is 0 Å². The lowest BCUT2D eigenvalue weighted by Crippen LogP contribution is -2.37. The summed E-state index contributed by atoms with van der Waals surface area (Å²) in [6, 6.07) is 6.53. The van der Waals surface area contributed by atoms with Crippen LogP contribution in [0.3, 0.4) is 0 Å². The Balaban J connectivity index is 2.04. The molecule has 2 aromatic rings. The molecular formula is C13H17N3S. The maximum Gasteiger partial charge on any atom is 0.105 e. The van der Waals surface area contributed by atoms with Crippen LogP contribution in [0.25, 0.3) is 10.2 Å². The zero-order valence-electron chi connectivity index (χ0n) is 9.85. The first kappa shape index (κ1) is 11.1. The summed E-state index contributed by atoms with van der Waals surface area (Å²) in [5.41, 5.74) is 8.66. The van der Waals surface area contributed by atoms with Gasteiger partial charge in [0.2, 0.25) is 0 Å². The lowest BCUT2D eigenvalue weighted by molar-refractivity contribution is 0.301. The normalized spacial score (nSPS) is 19.6. The van der Waals surface area contributed by atoms with Crippen LogP contribution in [0.5, 0.6) is 0 Å². The Bertz CT molecular complexity index is 514. The molecule has 2 N–H and O–H groups in total. The summed E-state index contributed by atoms with van der Waals surface area (Å²) in [7, 11) is 0. The Morgan fingerprint density at radius 2 is 2.06 bits per heavy atom. The highest BCUT2D eigenvalue weighted by atomic mass is 32.1. The van der Waals surface area contributed by atoms with E-state index in [4.69, 9.17) is 5.73 Å². The van der Waals surface area contributed by atoms with Gasteiger partial charge in [-0.2, -0.15) is 0 Å². The van der Waals surface area contributed by atoms with Crippen LogP contribution >= 0.6 is 11.5 Å². The molecule has 1 aliphatic rings. The topological polar surface area (TPSA) is 51.8 Å². The summed E-state index contributed by atoms with van der Waals surface area (Å²) in [4.78, 5) is 0. The van der Waals surface area contributed by atoms with E-state index in [2.05, 4.69) is 27.8 Å². The van der Waals surface area contributed by atoms with E-state index >= 15 is 0 Å². The van der Waals surface area contributed by atoms with Gasteiger partial charge in [-0.15, -0.1) is 5.10 Å². The highest BCUT2D eigenvalue weighted by molar-refractivity contribution is 7.12. The van der Waals surface area contributed by atoms with E-state index in [9.17, 15) is 0 Å². The molecule has 0 unspecified atom stereocenters. The van der Waals surface area contributed by atoms with E-state index in [1.165, 1.54) is 53.9 Å². The SMILES string of the molecule is NCC1(c2ccc3nnsc3c2)CCCCC1. The first-order valence-corrected chi connectivity index (χ1v) is 7.04. The number of hydrogen-bond acceptors (Lipinski definition) is 4. The number of fused-ring (bicyclic) bond motifs is 1. The van der Waals surface area contributed by atoms with Crippen molar-refractivity contribution in [3.8, 4) is 0 Å². The number of aromatic nitrogens is 2. The van der Waals surface area contributed by atoms with Crippen molar-refractivity contribution in [2.75, 3.05) is 6.54 Å². The number of nitrogens with two attached hydrogens (primary N) is 1. The van der Waals surface area contributed by atoms with Crippen molar-refractivity contribution in [3.05, 3.63) is 23.8 Å². The van der Waals surface area contributed by atoms with Gasteiger partial charge in [0.25, 0.3) is 0 Å². The van der Waals surface area contributed by atoms with E-state index in [1.807, 2.05) is 0 Å². The molecule has 0 aliphatic heterocycles. The summed E-state index contributed by atoms with van der Waals surface area (Å²) < 4.78 is 5.18. The van der Waals surface area contributed by atoms with Gasteiger partial charge in [-0.1, -0.05) is 29.8 Å². The van der Waals surface area contributed by atoms with Gasteiger partial charge >= 0.3 is 0 Å². The zero-order valence-corrected chi connectivity index (χ0v) is 10.7. The number of rotatable bonds is 2. The average Bonchev–Trinajstić information content (AvgIpc) is 2.86. The highest BCUT2D eigenvalue weighted by Crippen LogP contribution is 2.39. The second-order valence-corrected chi connectivity index (χ2v) is 5.79. The summed E-state index contributed by atoms with van der Waals surface area (Å²) in [6.45, 7) is 0.755. The molecule has 0 bridgehead atoms. The predicted molar refractivity (Wildman–Crippen MR) is 71.2 cm³/mol. The third kappa shape index (κ3) is 1.85. The quantitative estimate of drug-likeness (QED) is 0.887. The van der Waals surface area contributed by atoms with Gasteiger partial charge in [-0.3, -0.25) is 0 Å². The molecule has 3 rings (SSSR count). The van der Waals surface area contributed by atoms with E-state index < -0.39 is 0 Å². The van der Waals surface area contributed by atoms with Gasteiger partial charge in [0.15, 0.2) is 0 Å². The van der Waals surface area contributed by atoms with E-state index in [0.29, 0.717) is 0 Å². The molecule has 1 aromatic heterocycles. The second kappa shape index (κ2) is 4.35. The molecule has 1 saturated carbocycles. The minimum absolute atomic E-state index is 0.205. The molecular weight excluding hydrogens is 230 g/mol. The molecule has 0 atom stereocenters. The molecule has 1 aliphatic carbocycles. The van der Waals surface area contributed by atoms with Crippen molar-refractivity contribution in [2.45, 2.75) is 37.5 Å². The maximum atomic E-state index is 6.06. The Morgan fingerprint density at radius 1 is 1.24 bits per heavy atom. The first-order chi connectivity index (χ1) is 8.34. The molecule has 3 nitrogen and oxygen atoms in total. The summed E-state index contributed by atoms with van der Waals surface area (Å²) >= 11 is 1.47. The summed E-state index contributed by atoms with van der Waals surface area (Å²) in [5, 5.41) is 4.09. The Kier molecular flexibility index (Phi) is 2.84. The van der Waals surface area contributed by atoms with Crippen molar-refractivity contribution in [3.63, 3.8) is 0 Å². The van der Waals surface area contributed by atoms with Gasteiger partial charge in [0, 0.05) is 12.0 Å². The fraction of sp³-hybridized carbons (Fsp3) is 0.538. The standard InChI is InChI=1S/C13H17N3S/c14-9-13(6-2-1-3-7-13)10-4-5-11-12(8-10)17-16-15-11/h4-5,8H,1-3,6-7,9,14H2. The molecule has 0 amide bonds. The molecule has 90 valence electrons. The molecule has 4 heteroatoms. The minimum Gasteiger partial charge on any atom is -0.330 e. The minimum atomic E-state index is 0.205. The molecule has 0 saturated heterocycles. The lowest BCUT2D eigenvalue weighted by Gasteiger charge is -2.36. The Hall–Kier alpha value is -1.00. The maximum absolute atomic E-state index is 6.06. The third-order valence-corrected chi connectivity index (χ3v) is 4.75. The largest absolute Gasteiger partial charge is 0.330 e. The van der Waals surface area contributed by atoms with Crippen LogP contribution in [-0.4, -0.2) is 16.1 Å². The van der Waals surface area contributed by atoms with Gasteiger partial charge in [0.1, 0.15) is 5.52 Å². The monoisotopic (exact) mass is 247 g/mol.